The molecule has 102 valence electrons. The summed E-state index contributed by atoms with van der Waals surface area (Å²) in [6.45, 7) is 6.40. The van der Waals surface area contributed by atoms with Crippen molar-refractivity contribution in [3.05, 3.63) is 47.1 Å². The fourth-order valence-electron chi connectivity index (χ4n) is 2.04. The van der Waals surface area contributed by atoms with Crippen LogP contribution in [0.3, 0.4) is 0 Å². The van der Waals surface area contributed by atoms with Crippen LogP contribution in [0.5, 0.6) is 11.6 Å². The maximum Gasteiger partial charge on any atom is 0.231 e. The molecule has 0 aliphatic heterocycles. The molecule has 2 heterocycles. The van der Waals surface area contributed by atoms with Crippen LogP contribution < -0.4 is 4.74 Å². The average Bonchev–Trinajstić information content (AvgIpc) is 2.90. The van der Waals surface area contributed by atoms with Crippen LogP contribution in [0.25, 0.3) is 10.2 Å². The summed E-state index contributed by atoms with van der Waals surface area (Å²) in [6.07, 6.45) is 1.55. The highest BCUT2D eigenvalue weighted by molar-refractivity contribution is 7.16. The lowest BCUT2D eigenvalue weighted by Crippen LogP contribution is -1.94. The van der Waals surface area contributed by atoms with Crippen LogP contribution in [0.1, 0.15) is 30.9 Å². The number of ether oxygens (including phenoxy) is 1. The minimum atomic E-state index is 0.476. The monoisotopic (exact) mass is 284 g/mol. The third-order valence-electron chi connectivity index (χ3n) is 3.31. The number of hydrogen-bond donors (Lipinski definition) is 0. The van der Waals surface area contributed by atoms with E-state index < -0.39 is 0 Å². The van der Waals surface area contributed by atoms with E-state index in [0.29, 0.717) is 11.8 Å². The van der Waals surface area contributed by atoms with Gasteiger partial charge in [-0.1, -0.05) is 26.0 Å². The van der Waals surface area contributed by atoms with Crippen molar-refractivity contribution in [2.24, 2.45) is 0 Å². The highest BCUT2D eigenvalue weighted by atomic mass is 32.1. The van der Waals surface area contributed by atoms with Crippen LogP contribution in [-0.2, 0) is 0 Å². The van der Waals surface area contributed by atoms with Gasteiger partial charge in [-0.25, -0.2) is 9.97 Å². The fourth-order valence-corrected chi connectivity index (χ4v) is 2.76. The third-order valence-corrected chi connectivity index (χ3v) is 4.13. The van der Waals surface area contributed by atoms with Crippen molar-refractivity contribution in [1.82, 2.24) is 9.97 Å². The van der Waals surface area contributed by atoms with Crippen LogP contribution in [-0.4, -0.2) is 9.97 Å². The zero-order valence-corrected chi connectivity index (χ0v) is 12.6. The van der Waals surface area contributed by atoms with Crippen LogP contribution in [0.4, 0.5) is 0 Å². The minimum absolute atomic E-state index is 0.476. The molecule has 0 aliphatic carbocycles. The highest BCUT2D eigenvalue weighted by Gasteiger charge is 2.10. The number of thiophene rings is 1. The van der Waals surface area contributed by atoms with E-state index in [9.17, 15) is 0 Å². The Morgan fingerprint density at radius 3 is 2.80 bits per heavy atom. The molecule has 0 saturated heterocycles. The van der Waals surface area contributed by atoms with Crippen molar-refractivity contribution < 1.29 is 4.74 Å². The maximum atomic E-state index is 6.03. The van der Waals surface area contributed by atoms with Gasteiger partial charge < -0.3 is 4.74 Å². The molecule has 20 heavy (non-hydrogen) atoms. The Morgan fingerprint density at radius 1 is 1.15 bits per heavy atom. The van der Waals surface area contributed by atoms with Gasteiger partial charge in [-0.3, -0.25) is 0 Å². The summed E-state index contributed by atoms with van der Waals surface area (Å²) in [5.74, 6) is 1.96. The second-order valence-corrected chi connectivity index (χ2v) is 5.99. The first kappa shape index (κ1) is 13.1. The Bertz CT molecular complexity index is 749. The molecule has 3 aromatic rings. The van der Waals surface area contributed by atoms with E-state index in [2.05, 4.69) is 42.0 Å². The largest absolute Gasteiger partial charge is 0.438 e. The first-order valence-corrected chi connectivity index (χ1v) is 7.49. The van der Waals surface area contributed by atoms with Crippen LogP contribution in [0.2, 0.25) is 0 Å². The molecule has 4 heteroatoms. The molecule has 0 bridgehead atoms. The number of aromatic nitrogens is 2. The van der Waals surface area contributed by atoms with Crippen molar-refractivity contribution in [3.63, 3.8) is 0 Å². The van der Waals surface area contributed by atoms with Gasteiger partial charge in [0, 0.05) is 0 Å². The van der Waals surface area contributed by atoms with E-state index in [1.807, 2.05) is 18.4 Å². The number of hydrogen-bond acceptors (Lipinski definition) is 4. The summed E-state index contributed by atoms with van der Waals surface area (Å²) < 4.78 is 6.03. The van der Waals surface area contributed by atoms with E-state index in [4.69, 9.17) is 4.74 Å². The third kappa shape index (κ3) is 2.39. The molecule has 0 N–H and O–H groups in total. The van der Waals surface area contributed by atoms with Crippen LogP contribution in [0, 0.1) is 6.92 Å². The van der Waals surface area contributed by atoms with Gasteiger partial charge in [0.15, 0.2) is 0 Å². The Balaban J connectivity index is 2.02. The Morgan fingerprint density at radius 2 is 2.00 bits per heavy atom. The van der Waals surface area contributed by atoms with Crippen molar-refractivity contribution >= 4 is 21.6 Å². The molecule has 3 rings (SSSR count). The number of benzene rings is 1. The second-order valence-electron chi connectivity index (χ2n) is 5.10. The molecule has 1 aromatic carbocycles. The average molecular weight is 284 g/mol. The molecule has 0 spiro atoms. The van der Waals surface area contributed by atoms with Gasteiger partial charge in [0.2, 0.25) is 5.88 Å². The molecule has 0 saturated carbocycles. The van der Waals surface area contributed by atoms with Gasteiger partial charge in [0.05, 0.1) is 5.39 Å². The summed E-state index contributed by atoms with van der Waals surface area (Å²) in [4.78, 5) is 9.45. The molecule has 0 atom stereocenters. The summed E-state index contributed by atoms with van der Waals surface area (Å²) in [7, 11) is 0. The molecule has 2 aromatic heterocycles. The first-order valence-electron chi connectivity index (χ1n) is 6.62. The number of nitrogens with zero attached hydrogens (tertiary/aromatic N) is 2. The number of rotatable bonds is 3. The summed E-state index contributed by atoms with van der Waals surface area (Å²) in [6, 6.07) is 8.33. The predicted octanol–water partition coefficient (Wildman–Crippen LogP) is 4.92. The Labute approximate surface area is 122 Å². The zero-order chi connectivity index (χ0) is 14.1. The Hall–Kier alpha value is -1.94. The lowest BCUT2D eigenvalue weighted by molar-refractivity contribution is 0.464. The molecule has 3 nitrogen and oxygen atoms in total. The van der Waals surface area contributed by atoms with E-state index in [0.717, 1.165) is 21.5 Å². The quantitative estimate of drug-likeness (QED) is 0.685. The topological polar surface area (TPSA) is 35.0 Å². The zero-order valence-electron chi connectivity index (χ0n) is 11.8. The summed E-state index contributed by atoms with van der Waals surface area (Å²) in [5.41, 5.74) is 2.37. The Kier molecular flexibility index (Phi) is 3.40. The number of fused-ring (bicyclic) bond motifs is 1. The van der Waals surface area contributed by atoms with Gasteiger partial charge in [-0.05, 0) is 41.5 Å². The standard InChI is InChI=1S/C16H16N2OS/c1-10(2)12-5-4-11(3)14(8-12)19-15-13-6-7-20-16(13)18-9-17-15/h4-10H,1-3H3. The lowest BCUT2D eigenvalue weighted by atomic mass is 10.0. The van der Waals surface area contributed by atoms with E-state index >= 15 is 0 Å². The van der Waals surface area contributed by atoms with E-state index in [1.165, 1.54) is 5.56 Å². The van der Waals surface area contributed by atoms with Crippen LogP contribution in [0.15, 0.2) is 36.0 Å². The molecular formula is C16H16N2OS. The second kappa shape index (κ2) is 5.21. The van der Waals surface area contributed by atoms with E-state index in [-0.39, 0.29) is 0 Å². The smallest absolute Gasteiger partial charge is 0.231 e. The maximum absolute atomic E-state index is 6.03. The summed E-state index contributed by atoms with van der Waals surface area (Å²) >= 11 is 1.59. The van der Waals surface area contributed by atoms with E-state index in [1.54, 1.807) is 17.7 Å². The molecule has 0 unspecified atom stereocenters. The van der Waals surface area contributed by atoms with Gasteiger partial charge in [0.1, 0.15) is 16.9 Å². The molecule has 0 aliphatic rings. The highest BCUT2D eigenvalue weighted by Crippen LogP contribution is 2.32. The SMILES string of the molecule is Cc1ccc(C(C)C)cc1Oc1ncnc2sccc12. The molecule has 0 radical (unpaired) electrons. The van der Waals surface area contributed by atoms with Gasteiger partial charge in [0.25, 0.3) is 0 Å². The lowest BCUT2D eigenvalue weighted by Gasteiger charge is -2.12. The minimum Gasteiger partial charge on any atom is -0.438 e. The van der Waals surface area contributed by atoms with Crippen molar-refractivity contribution in [1.29, 1.82) is 0 Å². The number of aryl methyl sites for hydroxylation is 1. The predicted molar refractivity (Wildman–Crippen MR) is 82.8 cm³/mol. The van der Waals surface area contributed by atoms with Gasteiger partial charge >= 0.3 is 0 Å². The van der Waals surface area contributed by atoms with Gasteiger partial charge in [-0.2, -0.15) is 0 Å². The van der Waals surface area contributed by atoms with Crippen molar-refractivity contribution in [3.8, 4) is 11.6 Å². The fraction of sp³-hybridized carbons (Fsp3) is 0.250. The normalized spacial score (nSPS) is 11.2. The van der Waals surface area contributed by atoms with Crippen molar-refractivity contribution in [2.75, 3.05) is 0 Å². The molecular weight excluding hydrogens is 268 g/mol. The van der Waals surface area contributed by atoms with Gasteiger partial charge in [-0.15, -0.1) is 11.3 Å². The summed E-state index contributed by atoms with van der Waals surface area (Å²) in [5, 5.41) is 2.97. The van der Waals surface area contributed by atoms with Crippen LogP contribution >= 0.6 is 11.3 Å². The first-order chi connectivity index (χ1) is 9.65. The molecule has 0 amide bonds. The van der Waals surface area contributed by atoms with Crippen molar-refractivity contribution in [2.45, 2.75) is 26.7 Å². The molecule has 0 fully saturated rings.